The Hall–Kier alpha value is -1.51. The first-order chi connectivity index (χ1) is 9.36. The van der Waals surface area contributed by atoms with E-state index in [0.717, 1.165) is 25.7 Å². The molecule has 0 heterocycles. The number of aliphatic carboxylic acids is 1. The van der Waals surface area contributed by atoms with Crippen LogP contribution in [0.4, 0.5) is 0 Å². The Balaban J connectivity index is 2.23. The molecule has 0 radical (unpaired) electrons. The molecule has 2 rings (SSSR count). The molecule has 0 saturated carbocycles. The van der Waals surface area contributed by atoms with E-state index in [0.29, 0.717) is 11.7 Å². The first-order valence-electron chi connectivity index (χ1n) is 7.38. The molecular formula is C17H23O3-. The van der Waals surface area contributed by atoms with Crippen molar-refractivity contribution in [3.8, 4) is 5.75 Å². The highest BCUT2D eigenvalue weighted by Gasteiger charge is 2.36. The van der Waals surface area contributed by atoms with Crippen molar-refractivity contribution < 1.29 is 15.0 Å². The fourth-order valence-electron chi connectivity index (χ4n) is 3.70. The molecule has 0 fully saturated rings. The van der Waals surface area contributed by atoms with Crippen LogP contribution >= 0.6 is 0 Å². The third-order valence-corrected chi connectivity index (χ3v) is 4.92. The molecule has 0 saturated heterocycles. The second-order valence-electron chi connectivity index (χ2n) is 6.48. The zero-order valence-corrected chi connectivity index (χ0v) is 12.5. The predicted octanol–water partition coefficient (Wildman–Crippen LogP) is 2.30. The van der Waals surface area contributed by atoms with E-state index in [1.807, 2.05) is 12.1 Å². The molecule has 20 heavy (non-hydrogen) atoms. The normalized spacial score (nSPS) is 20.2. The van der Waals surface area contributed by atoms with Gasteiger partial charge in [-0.3, -0.25) is 0 Å². The number of fused-ring (bicyclic) bond motifs is 1. The summed E-state index contributed by atoms with van der Waals surface area (Å²) < 4.78 is 0. The smallest absolute Gasteiger partial charge is 0.115 e. The van der Waals surface area contributed by atoms with Crippen molar-refractivity contribution in [1.29, 1.82) is 0 Å². The predicted molar refractivity (Wildman–Crippen MR) is 76.2 cm³/mol. The number of phenolic OH excluding ortho intramolecular Hbond substituents is 1. The molecule has 1 aromatic carbocycles. The molecule has 3 heteroatoms. The van der Waals surface area contributed by atoms with E-state index in [2.05, 4.69) is 6.92 Å². The number of carbonyl (C=O) groups is 1. The number of carboxylic acids is 1. The molecule has 0 amide bonds. The van der Waals surface area contributed by atoms with E-state index >= 15 is 0 Å². The Morgan fingerprint density at radius 2 is 2.15 bits per heavy atom. The Morgan fingerprint density at radius 1 is 1.45 bits per heavy atom. The lowest BCUT2D eigenvalue weighted by Gasteiger charge is -2.42. The third kappa shape index (κ3) is 2.67. The fraction of sp³-hybridized carbons (Fsp3) is 0.588. The average molecular weight is 275 g/mol. The van der Waals surface area contributed by atoms with Gasteiger partial charge in [0.25, 0.3) is 0 Å². The summed E-state index contributed by atoms with van der Waals surface area (Å²) in [6.45, 7) is 5.62. The van der Waals surface area contributed by atoms with Gasteiger partial charge in [-0.2, -0.15) is 0 Å². The van der Waals surface area contributed by atoms with Crippen molar-refractivity contribution in [3.05, 3.63) is 29.3 Å². The molecule has 110 valence electrons. The maximum Gasteiger partial charge on any atom is 0.115 e. The van der Waals surface area contributed by atoms with Gasteiger partial charge in [-0.05, 0) is 54.4 Å². The fourth-order valence-corrected chi connectivity index (χ4v) is 3.70. The maximum absolute atomic E-state index is 11.4. The number of hydrogen-bond donors (Lipinski definition) is 1. The van der Waals surface area contributed by atoms with Crippen LogP contribution in [0.1, 0.15) is 44.7 Å². The van der Waals surface area contributed by atoms with Crippen LogP contribution in [-0.4, -0.2) is 11.1 Å². The molecule has 1 aliphatic rings. The summed E-state index contributed by atoms with van der Waals surface area (Å²) in [5.74, 6) is -0.162. The van der Waals surface area contributed by atoms with Gasteiger partial charge in [0.2, 0.25) is 0 Å². The highest BCUT2D eigenvalue weighted by Crippen LogP contribution is 2.41. The number of rotatable bonds is 4. The molecule has 1 aromatic rings. The highest BCUT2D eigenvalue weighted by atomic mass is 16.4. The number of aryl methyl sites for hydroxylation is 1. The lowest BCUT2D eigenvalue weighted by atomic mass is 9.65. The second-order valence-corrected chi connectivity index (χ2v) is 6.48. The largest absolute Gasteiger partial charge is 0.550 e. The molecule has 0 bridgehead atoms. The van der Waals surface area contributed by atoms with Crippen molar-refractivity contribution >= 4 is 5.97 Å². The first kappa shape index (κ1) is 14.9. The van der Waals surface area contributed by atoms with Crippen molar-refractivity contribution in [1.82, 2.24) is 0 Å². The first-order valence-corrected chi connectivity index (χ1v) is 7.38. The molecule has 0 unspecified atom stereocenters. The number of phenols is 1. The number of aromatic hydroxyl groups is 1. The van der Waals surface area contributed by atoms with Gasteiger partial charge in [-0.15, -0.1) is 0 Å². The van der Waals surface area contributed by atoms with Gasteiger partial charge < -0.3 is 15.0 Å². The van der Waals surface area contributed by atoms with Gasteiger partial charge >= 0.3 is 0 Å². The summed E-state index contributed by atoms with van der Waals surface area (Å²) in [6.07, 6.45) is 3.63. The van der Waals surface area contributed by atoms with Gasteiger partial charge in [0.15, 0.2) is 0 Å². The second kappa shape index (κ2) is 5.47. The Kier molecular flexibility index (Phi) is 4.07. The third-order valence-electron chi connectivity index (χ3n) is 4.92. The summed E-state index contributed by atoms with van der Waals surface area (Å²) in [7, 11) is 0. The van der Waals surface area contributed by atoms with E-state index < -0.39 is 11.4 Å². The molecule has 3 nitrogen and oxygen atoms in total. The molecule has 1 aliphatic carbocycles. The minimum absolute atomic E-state index is 0.120. The molecular weight excluding hydrogens is 252 g/mol. The molecule has 1 N–H and O–H groups in total. The summed E-state index contributed by atoms with van der Waals surface area (Å²) in [5.41, 5.74) is 1.64. The van der Waals surface area contributed by atoms with Crippen LogP contribution < -0.4 is 5.11 Å². The van der Waals surface area contributed by atoms with E-state index in [-0.39, 0.29) is 5.92 Å². The average Bonchev–Trinajstić information content (AvgIpc) is 2.39. The molecule has 0 aromatic heterocycles. The van der Waals surface area contributed by atoms with Crippen molar-refractivity contribution in [2.45, 2.75) is 46.5 Å². The number of carbonyl (C=O) groups excluding carboxylic acids is 1. The molecule has 2 atom stereocenters. The van der Waals surface area contributed by atoms with Gasteiger partial charge in [0.1, 0.15) is 5.75 Å². The van der Waals surface area contributed by atoms with Crippen molar-refractivity contribution in [3.63, 3.8) is 0 Å². The van der Waals surface area contributed by atoms with E-state index in [4.69, 9.17) is 0 Å². The quantitative estimate of drug-likeness (QED) is 0.917. The van der Waals surface area contributed by atoms with Crippen LogP contribution in [0, 0.1) is 17.3 Å². The lowest BCUT2D eigenvalue weighted by Crippen LogP contribution is -2.46. The number of benzene rings is 1. The molecule has 0 aliphatic heterocycles. The van der Waals surface area contributed by atoms with Crippen LogP contribution in [0.3, 0.4) is 0 Å². The zero-order chi connectivity index (χ0) is 14.9. The Bertz CT molecular complexity index is 505. The van der Waals surface area contributed by atoms with Gasteiger partial charge in [0.05, 0.1) is 0 Å². The SMILES string of the molecule is CC[C@@H]([C@H]1CCc2cc(O)ccc2C1)C(C)(C)C(=O)[O-]. The lowest BCUT2D eigenvalue weighted by molar-refractivity contribution is -0.321. The van der Waals surface area contributed by atoms with Crippen LogP contribution in [0.2, 0.25) is 0 Å². The van der Waals surface area contributed by atoms with E-state index in [1.165, 1.54) is 11.1 Å². The minimum atomic E-state index is -0.958. The maximum atomic E-state index is 11.4. The van der Waals surface area contributed by atoms with Gasteiger partial charge in [0, 0.05) is 11.4 Å². The summed E-state index contributed by atoms with van der Waals surface area (Å²) in [5, 5.41) is 20.9. The van der Waals surface area contributed by atoms with Crippen LogP contribution in [0.5, 0.6) is 5.75 Å². The van der Waals surface area contributed by atoms with Crippen LogP contribution in [0.25, 0.3) is 0 Å². The topological polar surface area (TPSA) is 60.4 Å². The number of carboxylic acid groups (broad SMARTS) is 1. The summed E-state index contributed by atoms with van der Waals surface area (Å²) in [6, 6.07) is 5.51. The zero-order valence-electron chi connectivity index (χ0n) is 12.5. The highest BCUT2D eigenvalue weighted by molar-refractivity contribution is 5.71. The van der Waals surface area contributed by atoms with Gasteiger partial charge in [-0.1, -0.05) is 33.3 Å². The standard InChI is InChI=1S/C17H24O3/c1-4-15(17(2,3)16(19)20)13-6-5-12-10-14(18)8-7-11(12)9-13/h7-8,10,13,15,18H,4-6,9H2,1-3H3,(H,19,20)/p-1/t13-,15-/m0/s1. The van der Waals surface area contributed by atoms with Crippen LogP contribution in [0.15, 0.2) is 18.2 Å². The van der Waals surface area contributed by atoms with E-state index in [9.17, 15) is 15.0 Å². The van der Waals surface area contributed by atoms with E-state index in [1.54, 1.807) is 19.9 Å². The van der Waals surface area contributed by atoms with Gasteiger partial charge in [-0.25, -0.2) is 0 Å². The minimum Gasteiger partial charge on any atom is -0.550 e. The number of hydrogen-bond acceptors (Lipinski definition) is 3. The van der Waals surface area contributed by atoms with Crippen LogP contribution in [-0.2, 0) is 17.6 Å². The Morgan fingerprint density at radius 3 is 2.75 bits per heavy atom. The van der Waals surface area contributed by atoms with Crippen molar-refractivity contribution in [2.24, 2.45) is 17.3 Å². The summed E-state index contributed by atoms with van der Waals surface area (Å²) in [4.78, 5) is 11.4. The monoisotopic (exact) mass is 275 g/mol. The summed E-state index contributed by atoms with van der Waals surface area (Å²) >= 11 is 0. The Labute approximate surface area is 120 Å². The van der Waals surface area contributed by atoms with Crippen molar-refractivity contribution in [2.75, 3.05) is 0 Å². The molecule has 0 spiro atoms.